The van der Waals surface area contributed by atoms with E-state index in [2.05, 4.69) is 5.32 Å². The van der Waals surface area contributed by atoms with Crippen molar-refractivity contribution in [3.63, 3.8) is 0 Å². The molecule has 8 nitrogen and oxygen atoms in total. The third-order valence-electron chi connectivity index (χ3n) is 7.17. The van der Waals surface area contributed by atoms with Gasteiger partial charge in [0.05, 0.1) is 17.2 Å². The largest absolute Gasteiger partial charge is 0.494 e. The van der Waals surface area contributed by atoms with Gasteiger partial charge in [-0.3, -0.25) is 13.9 Å². The van der Waals surface area contributed by atoms with Gasteiger partial charge in [0.1, 0.15) is 24.2 Å². The van der Waals surface area contributed by atoms with Gasteiger partial charge in [-0.2, -0.15) is 0 Å². The van der Waals surface area contributed by atoms with Gasteiger partial charge in [-0.1, -0.05) is 59.6 Å². The number of nitrogens with zero attached hydrogens (tertiary/aromatic N) is 2. The van der Waals surface area contributed by atoms with E-state index in [-0.39, 0.29) is 34.6 Å². The standard InChI is InChI=1S/C35H36Cl2FN3O5S/c1-4-46-30-16-14-29(15-17-30)41(47(44,45)31-18-12-28(38)13-19-31)23-34(42)40(22-26-10-11-27(36)21-32(26)37)33(35(43)39-24(2)3)20-25-8-6-5-7-9-25/h5-19,21,24,33H,4,20,22-23H2,1-3H3,(H,39,43). The molecule has 0 spiro atoms. The van der Waals surface area contributed by atoms with E-state index < -0.39 is 40.2 Å². The predicted molar refractivity (Wildman–Crippen MR) is 183 cm³/mol. The molecule has 248 valence electrons. The highest BCUT2D eigenvalue weighted by atomic mass is 35.5. The molecule has 0 aromatic heterocycles. The molecule has 4 rings (SSSR count). The predicted octanol–water partition coefficient (Wildman–Crippen LogP) is 6.89. The lowest BCUT2D eigenvalue weighted by Crippen LogP contribution is -2.54. The average Bonchev–Trinajstić information content (AvgIpc) is 3.03. The Kier molecular flexibility index (Phi) is 12.3. The number of nitrogens with one attached hydrogen (secondary N) is 1. The van der Waals surface area contributed by atoms with E-state index in [1.54, 1.807) is 24.3 Å². The van der Waals surface area contributed by atoms with Crippen LogP contribution in [0.1, 0.15) is 31.9 Å². The zero-order valence-corrected chi connectivity index (χ0v) is 28.5. The van der Waals surface area contributed by atoms with Crippen molar-refractivity contribution in [3.05, 3.63) is 124 Å². The van der Waals surface area contributed by atoms with E-state index in [1.165, 1.54) is 23.1 Å². The molecule has 0 fully saturated rings. The van der Waals surface area contributed by atoms with Crippen LogP contribution in [-0.4, -0.2) is 50.4 Å². The van der Waals surface area contributed by atoms with Gasteiger partial charge in [0, 0.05) is 29.1 Å². The van der Waals surface area contributed by atoms with Gasteiger partial charge in [-0.15, -0.1) is 0 Å². The Labute approximate surface area is 285 Å². The van der Waals surface area contributed by atoms with Crippen molar-refractivity contribution in [2.75, 3.05) is 17.5 Å². The Morgan fingerprint density at radius 3 is 2.17 bits per heavy atom. The summed E-state index contributed by atoms with van der Waals surface area (Å²) in [6.45, 7) is 5.04. The molecule has 0 aliphatic heterocycles. The number of benzene rings is 4. The Bertz CT molecular complexity index is 1770. The molecule has 2 amide bonds. The summed E-state index contributed by atoms with van der Waals surface area (Å²) in [7, 11) is -4.40. The van der Waals surface area contributed by atoms with Gasteiger partial charge in [0.15, 0.2) is 0 Å². The van der Waals surface area contributed by atoms with Crippen LogP contribution >= 0.6 is 23.2 Å². The molecule has 0 saturated heterocycles. The Balaban J connectivity index is 1.82. The second-order valence-corrected chi connectivity index (χ2v) is 13.7. The number of sulfonamides is 1. The molecule has 12 heteroatoms. The van der Waals surface area contributed by atoms with Crippen LogP contribution in [0.5, 0.6) is 5.75 Å². The first-order valence-corrected chi connectivity index (χ1v) is 17.2. The van der Waals surface area contributed by atoms with Gasteiger partial charge < -0.3 is 15.0 Å². The summed E-state index contributed by atoms with van der Waals surface area (Å²) in [5.41, 5.74) is 1.47. The summed E-state index contributed by atoms with van der Waals surface area (Å²) in [4.78, 5) is 29.4. The summed E-state index contributed by atoms with van der Waals surface area (Å²) < 4.78 is 48.4. The Hall–Kier alpha value is -4.12. The van der Waals surface area contributed by atoms with E-state index in [9.17, 15) is 22.4 Å². The highest BCUT2D eigenvalue weighted by molar-refractivity contribution is 7.92. The van der Waals surface area contributed by atoms with Crippen LogP contribution in [0.25, 0.3) is 0 Å². The van der Waals surface area contributed by atoms with E-state index >= 15 is 0 Å². The van der Waals surface area contributed by atoms with E-state index in [1.807, 2.05) is 51.1 Å². The zero-order chi connectivity index (χ0) is 34.1. The minimum Gasteiger partial charge on any atom is -0.494 e. The van der Waals surface area contributed by atoms with Crippen LogP contribution < -0.4 is 14.4 Å². The molecule has 1 unspecified atom stereocenters. The van der Waals surface area contributed by atoms with Gasteiger partial charge >= 0.3 is 0 Å². The molecule has 0 aliphatic carbocycles. The minimum absolute atomic E-state index is 0.119. The van der Waals surface area contributed by atoms with E-state index in [4.69, 9.17) is 27.9 Å². The summed E-state index contributed by atoms with van der Waals surface area (Å²) in [5.74, 6) is -1.20. The van der Waals surface area contributed by atoms with E-state index in [0.717, 1.165) is 34.1 Å². The number of amides is 2. The lowest BCUT2D eigenvalue weighted by atomic mass is 10.0. The number of halogens is 3. The third-order valence-corrected chi connectivity index (χ3v) is 9.55. The molecular formula is C35H36Cl2FN3O5S. The number of anilines is 1. The molecule has 0 saturated carbocycles. The quantitative estimate of drug-likeness (QED) is 0.155. The van der Waals surface area contributed by atoms with Gasteiger partial charge in [-0.05, 0) is 92.6 Å². The van der Waals surface area contributed by atoms with Crippen LogP contribution in [0, 0.1) is 5.82 Å². The van der Waals surface area contributed by atoms with Crippen LogP contribution in [0.4, 0.5) is 10.1 Å². The lowest BCUT2D eigenvalue weighted by molar-refractivity contribution is -0.140. The minimum atomic E-state index is -4.40. The number of carbonyl (C=O) groups excluding carboxylic acids is 2. The van der Waals surface area contributed by atoms with Crippen molar-refractivity contribution in [3.8, 4) is 5.75 Å². The Morgan fingerprint density at radius 2 is 1.57 bits per heavy atom. The smallest absolute Gasteiger partial charge is 0.264 e. The normalized spacial score (nSPS) is 12.0. The van der Waals surface area contributed by atoms with Gasteiger partial charge in [-0.25, -0.2) is 12.8 Å². The van der Waals surface area contributed by atoms with Crippen molar-refractivity contribution < 1.29 is 27.1 Å². The molecule has 4 aromatic rings. The molecule has 0 bridgehead atoms. The van der Waals surface area contributed by atoms with Gasteiger partial charge in [0.2, 0.25) is 11.8 Å². The average molecular weight is 701 g/mol. The second kappa shape index (κ2) is 16.1. The first-order chi connectivity index (χ1) is 22.4. The first-order valence-electron chi connectivity index (χ1n) is 15.0. The number of hydrogen-bond acceptors (Lipinski definition) is 5. The SMILES string of the molecule is CCOc1ccc(N(CC(=O)N(Cc2ccc(Cl)cc2Cl)C(Cc2ccccc2)C(=O)NC(C)C)S(=O)(=O)c2ccc(F)cc2)cc1. The summed E-state index contributed by atoms with van der Waals surface area (Å²) in [6.07, 6.45) is 0.143. The number of carbonyl (C=O) groups is 2. The maximum Gasteiger partial charge on any atom is 0.264 e. The highest BCUT2D eigenvalue weighted by Crippen LogP contribution is 2.28. The van der Waals surface area contributed by atoms with Crippen molar-refractivity contribution in [2.24, 2.45) is 0 Å². The maximum absolute atomic E-state index is 14.5. The van der Waals surface area contributed by atoms with Crippen molar-refractivity contribution in [2.45, 2.75) is 50.7 Å². The fourth-order valence-corrected chi connectivity index (χ4v) is 6.79. The number of ether oxygens (including phenoxy) is 1. The molecule has 47 heavy (non-hydrogen) atoms. The molecule has 0 radical (unpaired) electrons. The van der Waals surface area contributed by atoms with Crippen LogP contribution in [0.2, 0.25) is 10.0 Å². The number of rotatable bonds is 14. The van der Waals surface area contributed by atoms with Crippen molar-refractivity contribution in [1.82, 2.24) is 10.2 Å². The maximum atomic E-state index is 14.5. The van der Waals surface area contributed by atoms with Crippen molar-refractivity contribution >= 4 is 50.7 Å². The van der Waals surface area contributed by atoms with Crippen LogP contribution in [0.15, 0.2) is 102 Å². The highest BCUT2D eigenvalue weighted by Gasteiger charge is 2.35. The van der Waals surface area contributed by atoms with E-state index in [0.29, 0.717) is 22.9 Å². The molecule has 4 aromatic carbocycles. The molecule has 1 atom stereocenters. The molecular weight excluding hydrogens is 664 g/mol. The van der Waals surface area contributed by atoms with Crippen LogP contribution in [0.3, 0.4) is 0 Å². The Morgan fingerprint density at radius 1 is 0.915 bits per heavy atom. The topological polar surface area (TPSA) is 96.0 Å². The molecule has 0 heterocycles. The fourth-order valence-electron chi connectivity index (χ4n) is 4.91. The van der Waals surface area contributed by atoms with Crippen molar-refractivity contribution in [1.29, 1.82) is 0 Å². The zero-order valence-electron chi connectivity index (χ0n) is 26.2. The lowest BCUT2D eigenvalue weighted by Gasteiger charge is -2.34. The number of hydrogen-bond donors (Lipinski definition) is 1. The summed E-state index contributed by atoms with van der Waals surface area (Å²) in [5, 5.41) is 3.57. The molecule has 0 aliphatic rings. The molecule has 1 N–H and O–H groups in total. The summed E-state index contributed by atoms with van der Waals surface area (Å²) >= 11 is 12.7. The monoisotopic (exact) mass is 699 g/mol. The third kappa shape index (κ3) is 9.47. The fraction of sp³-hybridized carbons (Fsp3) is 0.257. The first kappa shape index (κ1) is 35.7. The van der Waals surface area contributed by atoms with Gasteiger partial charge in [0.25, 0.3) is 10.0 Å². The summed E-state index contributed by atoms with van der Waals surface area (Å²) in [6, 6.07) is 23.3. The van der Waals surface area contributed by atoms with Crippen LogP contribution in [-0.2, 0) is 32.6 Å². The second-order valence-electron chi connectivity index (χ2n) is 11.0.